The molecule has 1 nitrogen and oxygen atoms in total. The zero-order valence-corrected chi connectivity index (χ0v) is 6.71. The van der Waals surface area contributed by atoms with Crippen LogP contribution in [0.4, 0.5) is 0 Å². The fraction of sp³-hybridized carbons (Fsp3) is 0. The number of rotatable bonds is 2. The van der Waals surface area contributed by atoms with Crippen LogP contribution in [0.15, 0.2) is 23.4 Å². The van der Waals surface area contributed by atoms with Crippen LogP contribution in [0, 0.1) is 0 Å². The molecule has 0 saturated heterocycles. The second kappa shape index (κ2) is 2.99. The molecule has 0 aliphatic carbocycles. The number of thiophene rings is 1. The van der Waals surface area contributed by atoms with E-state index in [0.29, 0.717) is 5.57 Å². The molecule has 0 aromatic carbocycles. The van der Waals surface area contributed by atoms with E-state index in [4.69, 9.17) is 11.6 Å². The quantitative estimate of drug-likeness (QED) is 0.495. The van der Waals surface area contributed by atoms with Crippen molar-refractivity contribution in [1.82, 2.24) is 0 Å². The van der Waals surface area contributed by atoms with Crippen LogP contribution < -0.4 is 0 Å². The van der Waals surface area contributed by atoms with E-state index in [1.54, 1.807) is 0 Å². The van der Waals surface area contributed by atoms with Crippen molar-refractivity contribution in [3.63, 3.8) is 0 Å². The van der Waals surface area contributed by atoms with Crippen molar-refractivity contribution in [3.05, 3.63) is 29.0 Å². The Hall–Kier alpha value is -0.600. The maximum Gasteiger partial charge on any atom is 0.252 e. The number of hydrogen-bond donors (Lipinski definition) is 0. The lowest BCUT2D eigenvalue weighted by Crippen LogP contribution is -1.87. The van der Waals surface area contributed by atoms with Gasteiger partial charge in [-0.05, 0) is 34.0 Å². The lowest BCUT2D eigenvalue weighted by molar-refractivity contribution is -0.106. The Balaban J connectivity index is 2.88. The van der Waals surface area contributed by atoms with Crippen molar-refractivity contribution in [1.29, 1.82) is 0 Å². The predicted molar refractivity (Wildman–Crippen MR) is 44.2 cm³/mol. The van der Waals surface area contributed by atoms with E-state index in [-0.39, 0.29) is 0 Å². The Morgan fingerprint density at radius 2 is 2.40 bits per heavy atom. The van der Waals surface area contributed by atoms with E-state index in [9.17, 15) is 4.79 Å². The molecule has 1 rings (SSSR count). The molecule has 0 radical (unpaired) electrons. The maximum absolute atomic E-state index is 10.5. The molecule has 1 aromatic heterocycles. The first-order valence-electron chi connectivity index (χ1n) is 2.63. The van der Waals surface area contributed by atoms with Gasteiger partial charge in [0, 0.05) is 5.57 Å². The zero-order chi connectivity index (χ0) is 7.56. The van der Waals surface area contributed by atoms with Gasteiger partial charge in [-0.3, -0.25) is 4.79 Å². The lowest BCUT2D eigenvalue weighted by atomic mass is 10.2. The van der Waals surface area contributed by atoms with Gasteiger partial charge in [0.1, 0.15) is 0 Å². The van der Waals surface area contributed by atoms with Crippen LogP contribution in [0.1, 0.15) is 5.56 Å². The summed E-state index contributed by atoms with van der Waals surface area (Å²) in [4.78, 5) is 10.5. The van der Waals surface area contributed by atoms with Crippen molar-refractivity contribution in [2.24, 2.45) is 0 Å². The Labute approximate surface area is 67.9 Å². The first-order chi connectivity index (χ1) is 4.72. The van der Waals surface area contributed by atoms with Gasteiger partial charge in [-0.25, -0.2) is 0 Å². The molecular formula is C7H5ClOS. The number of hydrogen-bond acceptors (Lipinski definition) is 2. The van der Waals surface area contributed by atoms with Crippen LogP contribution in [-0.4, -0.2) is 5.24 Å². The van der Waals surface area contributed by atoms with E-state index >= 15 is 0 Å². The fourth-order valence-electron chi connectivity index (χ4n) is 0.550. The molecule has 0 N–H and O–H groups in total. The van der Waals surface area contributed by atoms with Crippen molar-refractivity contribution in [2.45, 2.75) is 0 Å². The summed E-state index contributed by atoms with van der Waals surface area (Å²) < 4.78 is 0. The smallest absolute Gasteiger partial charge is 0.252 e. The van der Waals surface area contributed by atoms with Crippen molar-refractivity contribution >= 4 is 33.8 Å². The molecule has 0 amide bonds. The number of carbonyl (C=O) groups excluding carboxylic acids is 1. The Kier molecular flexibility index (Phi) is 2.25. The van der Waals surface area contributed by atoms with E-state index in [1.165, 1.54) is 11.3 Å². The number of allylic oxidation sites excluding steroid dienone is 1. The minimum Gasteiger partial charge on any atom is -0.276 e. The van der Waals surface area contributed by atoms with Crippen LogP contribution in [0.5, 0.6) is 0 Å². The zero-order valence-electron chi connectivity index (χ0n) is 5.13. The SMILES string of the molecule is C=C(C(=O)Cl)c1ccsc1. The van der Waals surface area contributed by atoms with Gasteiger partial charge in [-0.15, -0.1) is 0 Å². The molecule has 0 spiro atoms. The highest BCUT2D eigenvalue weighted by Gasteiger charge is 2.04. The molecule has 10 heavy (non-hydrogen) atoms. The number of carbonyl (C=O) groups is 1. The molecule has 52 valence electrons. The maximum atomic E-state index is 10.5. The highest BCUT2D eigenvalue weighted by Crippen LogP contribution is 2.17. The Bertz CT molecular complexity index is 251. The third kappa shape index (κ3) is 1.46. The van der Waals surface area contributed by atoms with Gasteiger partial charge in [0.2, 0.25) is 0 Å². The summed E-state index contributed by atoms with van der Waals surface area (Å²) in [5.74, 6) is 0. The summed E-state index contributed by atoms with van der Waals surface area (Å²) in [5, 5.41) is 3.22. The molecule has 1 heterocycles. The Morgan fingerprint density at radius 1 is 1.70 bits per heavy atom. The molecule has 0 fully saturated rings. The minimum atomic E-state index is -0.488. The summed E-state index contributed by atoms with van der Waals surface area (Å²) in [6.45, 7) is 3.52. The standard InChI is InChI=1S/C7H5ClOS/c1-5(7(8)9)6-2-3-10-4-6/h2-4H,1H2. The minimum absolute atomic E-state index is 0.364. The normalized spacial score (nSPS) is 9.30. The molecule has 0 aliphatic rings. The summed E-state index contributed by atoms with van der Waals surface area (Å²) in [6, 6.07) is 1.81. The van der Waals surface area contributed by atoms with Gasteiger partial charge in [-0.1, -0.05) is 6.58 Å². The van der Waals surface area contributed by atoms with Crippen LogP contribution in [0.2, 0.25) is 0 Å². The van der Waals surface area contributed by atoms with Crippen LogP contribution in [0.3, 0.4) is 0 Å². The van der Waals surface area contributed by atoms with Gasteiger partial charge in [-0.2, -0.15) is 11.3 Å². The van der Waals surface area contributed by atoms with Crippen LogP contribution in [0.25, 0.3) is 5.57 Å². The lowest BCUT2D eigenvalue weighted by Gasteiger charge is -1.91. The van der Waals surface area contributed by atoms with E-state index in [0.717, 1.165) is 5.56 Å². The van der Waals surface area contributed by atoms with Crippen molar-refractivity contribution < 1.29 is 4.79 Å². The summed E-state index contributed by atoms with van der Waals surface area (Å²) in [5.41, 5.74) is 1.17. The summed E-state index contributed by atoms with van der Waals surface area (Å²) in [6.07, 6.45) is 0. The molecule has 0 unspecified atom stereocenters. The molecule has 0 atom stereocenters. The third-order valence-electron chi connectivity index (χ3n) is 1.11. The van der Waals surface area contributed by atoms with Crippen LogP contribution in [-0.2, 0) is 4.79 Å². The first kappa shape index (κ1) is 7.51. The van der Waals surface area contributed by atoms with E-state index in [2.05, 4.69) is 6.58 Å². The van der Waals surface area contributed by atoms with E-state index < -0.39 is 5.24 Å². The average molecular weight is 173 g/mol. The van der Waals surface area contributed by atoms with Gasteiger partial charge in [0.25, 0.3) is 5.24 Å². The molecule has 0 saturated carbocycles. The van der Waals surface area contributed by atoms with Gasteiger partial charge < -0.3 is 0 Å². The fourth-order valence-corrected chi connectivity index (χ4v) is 1.33. The average Bonchev–Trinajstić information content (AvgIpc) is 2.36. The van der Waals surface area contributed by atoms with Gasteiger partial charge >= 0.3 is 0 Å². The first-order valence-corrected chi connectivity index (χ1v) is 3.95. The third-order valence-corrected chi connectivity index (χ3v) is 2.02. The summed E-state index contributed by atoms with van der Waals surface area (Å²) in [7, 11) is 0. The molecular weight excluding hydrogens is 168 g/mol. The largest absolute Gasteiger partial charge is 0.276 e. The second-order valence-corrected chi connectivity index (χ2v) is 2.89. The van der Waals surface area contributed by atoms with Crippen LogP contribution >= 0.6 is 22.9 Å². The van der Waals surface area contributed by atoms with Crippen molar-refractivity contribution in [2.75, 3.05) is 0 Å². The molecule has 0 aliphatic heterocycles. The van der Waals surface area contributed by atoms with Crippen molar-refractivity contribution in [3.8, 4) is 0 Å². The predicted octanol–water partition coefficient (Wildman–Crippen LogP) is 2.53. The topological polar surface area (TPSA) is 17.1 Å². The monoisotopic (exact) mass is 172 g/mol. The highest BCUT2D eigenvalue weighted by molar-refractivity contribution is 7.08. The summed E-state index contributed by atoms with van der Waals surface area (Å²) >= 11 is 6.70. The molecule has 0 bridgehead atoms. The second-order valence-electron chi connectivity index (χ2n) is 1.76. The molecule has 1 aromatic rings. The molecule has 3 heteroatoms. The Morgan fingerprint density at radius 3 is 2.80 bits per heavy atom. The van der Waals surface area contributed by atoms with Gasteiger partial charge in [0.05, 0.1) is 0 Å². The highest BCUT2D eigenvalue weighted by atomic mass is 35.5. The van der Waals surface area contributed by atoms with E-state index in [1.807, 2.05) is 16.8 Å². The van der Waals surface area contributed by atoms with Gasteiger partial charge in [0.15, 0.2) is 0 Å². The number of halogens is 1.